The predicted molar refractivity (Wildman–Crippen MR) is 101 cm³/mol. The number of amides is 1. The SMILES string of the molecule is COC(=O)c1sc2ccccc2c1NC(=O)c1ccc(OC)cc1OC. The van der Waals surface area contributed by atoms with Crippen molar-refractivity contribution in [2.45, 2.75) is 0 Å². The highest BCUT2D eigenvalue weighted by atomic mass is 32.1. The van der Waals surface area contributed by atoms with Crippen LogP contribution in [-0.4, -0.2) is 33.2 Å². The summed E-state index contributed by atoms with van der Waals surface area (Å²) in [6.07, 6.45) is 0. The number of hydrogen-bond acceptors (Lipinski definition) is 6. The molecular formula is C19H17NO5S. The fourth-order valence-corrected chi connectivity index (χ4v) is 3.65. The highest BCUT2D eigenvalue weighted by Crippen LogP contribution is 2.37. The Morgan fingerprint density at radius 3 is 2.46 bits per heavy atom. The van der Waals surface area contributed by atoms with Gasteiger partial charge in [0, 0.05) is 16.2 Å². The highest BCUT2D eigenvalue weighted by molar-refractivity contribution is 7.21. The fourth-order valence-electron chi connectivity index (χ4n) is 2.57. The Morgan fingerprint density at radius 2 is 1.77 bits per heavy atom. The maximum Gasteiger partial charge on any atom is 0.350 e. The molecule has 26 heavy (non-hydrogen) atoms. The number of nitrogens with one attached hydrogen (secondary N) is 1. The molecule has 0 saturated carbocycles. The van der Waals surface area contributed by atoms with Gasteiger partial charge in [-0.05, 0) is 18.2 Å². The summed E-state index contributed by atoms with van der Waals surface area (Å²) in [5.74, 6) is 0.0667. The second-order valence-electron chi connectivity index (χ2n) is 5.31. The molecule has 0 bridgehead atoms. The predicted octanol–water partition coefficient (Wildman–Crippen LogP) is 3.96. The molecule has 3 rings (SSSR count). The fraction of sp³-hybridized carbons (Fsp3) is 0.158. The summed E-state index contributed by atoms with van der Waals surface area (Å²) in [6.45, 7) is 0. The number of hydrogen-bond donors (Lipinski definition) is 1. The molecule has 1 heterocycles. The van der Waals surface area contributed by atoms with Crippen molar-refractivity contribution in [3.63, 3.8) is 0 Å². The molecule has 0 saturated heterocycles. The second-order valence-corrected chi connectivity index (χ2v) is 6.37. The number of benzene rings is 2. The first-order valence-corrected chi connectivity index (χ1v) is 8.54. The lowest BCUT2D eigenvalue weighted by atomic mass is 10.1. The topological polar surface area (TPSA) is 73.9 Å². The summed E-state index contributed by atoms with van der Waals surface area (Å²) in [5.41, 5.74) is 0.764. The van der Waals surface area contributed by atoms with Crippen molar-refractivity contribution in [1.82, 2.24) is 0 Å². The zero-order valence-corrected chi connectivity index (χ0v) is 15.3. The van der Waals surface area contributed by atoms with Crippen LogP contribution >= 0.6 is 11.3 Å². The van der Waals surface area contributed by atoms with Crippen LogP contribution < -0.4 is 14.8 Å². The van der Waals surface area contributed by atoms with E-state index in [4.69, 9.17) is 14.2 Å². The number of fused-ring (bicyclic) bond motifs is 1. The summed E-state index contributed by atoms with van der Waals surface area (Å²) < 4.78 is 16.2. The smallest absolute Gasteiger partial charge is 0.350 e. The molecule has 2 aromatic carbocycles. The zero-order valence-electron chi connectivity index (χ0n) is 14.5. The lowest BCUT2D eigenvalue weighted by molar-refractivity contribution is 0.0607. The number of esters is 1. The van der Waals surface area contributed by atoms with Gasteiger partial charge in [-0.15, -0.1) is 11.3 Å². The van der Waals surface area contributed by atoms with E-state index >= 15 is 0 Å². The largest absolute Gasteiger partial charge is 0.497 e. The Bertz CT molecular complexity index is 979. The summed E-state index contributed by atoms with van der Waals surface area (Å²) >= 11 is 1.27. The maximum atomic E-state index is 12.8. The van der Waals surface area contributed by atoms with Crippen molar-refractivity contribution in [3.8, 4) is 11.5 Å². The van der Waals surface area contributed by atoms with Crippen LogP contribution in [0.1, 0.15) is 20.0 Å². The van der Waals surface area contributed by atoms with Gasteiger partial charge in [0.2, 0.25) is 0 Å². The van der Waals surface area contributed by atoms with Crippen molar-refractivity contribution in [1.29, 1.82) is 0 Å². The Morgan fingerprint density at radius 1 is 1.00 bits per heavy atom. The molecule has 1 N–H and O–H groups in total. The number of carbonyl (C=O) groups is 2. The molecule has 7 heteroatoms. The Labute approximate surface area is 154 Å². The molecule has 0 radical (unpaired) electrons. The van der Waals surface area contributed by atoms with Gasteiger partial charge >= 0.3 is 5.97 Å². The second kappa shape index (κ2) is 7.45. The normalized spacial score (nSPS) is 10.4. The molecule has 0 fully saturated rings. The van der Waals surface area contributed by atoms with Gasteiger partial charge in [-0.2, -0.15) is 0 Å². The van der Waals surface area contributed by atoms with Crippen molar-refractivity contribution < 1.29 is 23.8 Å². The van der Waals surface area contributed by atoms with Crippen molar-refractivity contribution in [2.75, 3.05) is 26.6 Å². The number of rotatable bonds is 5. The lowest BCUT2D eigenvalue weighted by Gasteiger charge is -2.11. The van der Waals surface area contributed by atoms with Crippen LogP contribution in [0.4, 0.5) is 5.69 Å². The molecule has 3 aromatic rings. The van der Waals surface area contributed by atoms with Crippen LogP contribution in [0.25, 0.3) is 10.1 Å². The molecule has 0 aliphatic rings. The van der Waals surface area contributed by atoms with Crippen LogP contribution in [0, 0.1) is 0 Å². The minimum absolute atomic E-state index is 0.333. The van der Waals surface area contributed by atoms with Crippen LogP contribution in [0.5, 0.6) is 11.5 Å². The molecule has 1 amide bonds. The summed E-state index contributed by atoms with van der Waals surface area (Å²) in [5, 5.41) is 3.60. The molecule has 0 atom stereocenters. The van der Waals surface area contributed by atoms with Gasteiger partial charge in [0.1, 0.15) is 16.4 Å². The molecule has 134 valence electrons. The van der Waals surface area contributed by atoms with Gasteiger partial charge < -0.3 is 19.5 Å². The third-order valence-electron chi connectivity index (χ3n) is 3.86. The number of ether oxygens (including phenoxy) is 3. The van der Waals surface area contributed by atoms with Gasteiger partial charge in [0.05, 0.1) is 32.6 Å². The first kappa shape index (κ1) is 17.8. The van der Waals surface area contributed by atoms with Crippen LogP contribution in [0.15, 0.2) is 42.5 Å². The molecule has 0 aliphatic heterocycles. The average molecular weight is 371 g/mol. The average Bonchev–Trinajstić information content (AvgIpc) is 3.05. The van der Waals surface area contributed by atoms with E-state index in [0.717, 1.165) is 10.1 Å². The molecule has 0 spiro atoms. The number of thiophene rings is 1. The monoisotopic (exact) mass is 371 g/mol. The van der Waals surface area contributed by atoms with Gasteiger partial charge in [0.25, 0.3) is 5.91 Å². The number of anilines is 1. The van der Waals surface area contributed by atoms with Gasteiger partial charge in [0.15, 0.2) is 0 Å². The van der Waals surface area contributed by atoms with E-state index in [2.05, 4.69) is 5.32 Å². The number of carbonyl (C=O) groups excluding carboxylic acids is 2. The molecule has 6 nitrogen and oxygen atoms in total. The minimum atomic E-state index is -0.497. The third-order valence-corrected chi connectivity index (χ3v) is 5.01. The van der Waals surface area contributed by atoms with Crippen LogP contribution in [0.2, 0.25) is 0 Å². The third kappa shape index (κ3) is 3.21. The van der Waals surface area contributed by atoms with E-state index in [1.165, 1.54) is 32.7 Å². The maximum absolute atomic E-state index is 12.8. The van der Waals surface area contributed by atoms with Crippen LogP contribution in [0.3, 0.4) is 0 Å². The van der Waals surface area contributed by atoms with Crippen molar-refractivity contribution in [3.05, 3.63) is 52.9 Å². The standard InChI is InChI=1S/C19H17NO5S/c1-23-11-8-9-12(14(10-11)24-2)18(21)20-16-13-6-4-5-7-15(13)26-17(16)19(22)25-3/h4-10H,1-3H3,(H,20,21). The molecule has 0 aliphatic carbocycles. The van der Waals surface area contributed by atoms with E-state index in [0.29, 0.717) is 27.6 Å². The van der Waals surface area contributed by atoms with Crippen molar-refractivity contribution >= 4 is 39.0 Å². The molecule has 1 aromatic heterocycles. The van der Waals surface area contributed by atoms with E-state index < -0.39 is 11.9 Å². The molecule has 0 unspecified atom stereocenters. The van der Waals surface area contributed by atoms with E-state index in [1.807, 2.05) is 24.3 Å². The van der Waals surface area contributed by atoms with Crippen molar-refractivity contribution in [2.24, 2.45) is 0 Å². The number of methoxy groups -OCH3 is 3. The summed E-state index contributed by atoms with van der Waals surface area (Å²) in [4.78, 5) is 25.3. The minimum Gasteiger partial charge on any atom is -0.497 e. The Kier molecular flexibility index (Phi) is 5.09. The molecular weight excluding hydrogens is 354 g/mol. The van der Waals surface area contributed by atoms with E-state index in [-0.39, 0.29) is 0 Å². The summed E-state index contributed by atoms with van der Waals surface area (Å²) in [6, 6.07) is 12.4. The van der Waals surface area contributed by atoms with Gasteiger partial charge in [-0.25, -0.2) is 4.79 Å². The van der Waals surface area contributed by atoms with Crippen LogP contribution in [-0.2, 0) is 4.74 Å². The highest BCUT2D eigenvalue weighted by Gasteiger charge is 2.22. The van der Waals surface area contributed by atoms with E-state index in [1.54, 1.807) is 18.2 Å². The lowest BCUT2D eigenvalue weighted by Crippen LogP contribution is -2.15. The Balaban J connectivity index is 2.03. The van der Waals surface area contributed by atoms with Gasteiger partial charge in [-0.3, -0.25) is 4.79 Å². The first-order chi connectivity index (χ1) is 12.6. The van der Waals surface area contributed by atoms with E-state index in [9.17, 15) is 9.59 Å². The zero-order chi connectivity index (χ0) is 18.7. The van der Waals surface area contributed by atoms with Gasteiger partial charge in [-0.1, -0.05) is 18.2 Å². The first-order valence-electron chi connectivity index (χ1n) is 7.72. The Hall–Kier alpha value is -3.06. The quantitative estimate of drug-likeness (QED) is 0.687. The summed E-state index contributed by atoms with van der Waals surface area (Å²) in [7, 11) is 4.32.